The van der Waals surface area contributed by atoms with Crippen LogP contribution in [0.25, 0.3) is 0 Å². The van der Waals surface area contributed by atoms with Crippen LogP contribution in [0.3, 0.4) is 0 Å². The molecule has 0 spiro atoms. The van der Waals surface area contributed by atoms with Crippen LogP contribution in [0, 0.1) is 18.8 Å². The average molecular weight is 194 g/mol. The van der Waals surface area contributed by atoms with E-state index in [9.17, 15) is 0 Å². The van der Waals surface area contributed by atoms with Crippen molar-refractivity contribution in [1.82, 2.24) is 0 Å². The van der Waals surface area contributed by atoms with Gasteiger partial charge >= 0.3 is 0 Å². The zero-order valence-electron chi connectivity index (χ0n) is 8.96. The molecule has 0 atom stereocenters. The number of allylic oxidation sites excluding steroid dienone is 4. The molecule has 1 aromatic rings. The van der Waals surface area contributed by atoms with Gasteiger partial charge < -0.3 is 0 Å². The number of rotatable bonds is 0. The zero-order valence-corrected chi connectivity index (χ0v) is 8.96. The van der Waals surface area contributed by atoms with E-state index >= 15 is 0 Å². The summed E-state index contributed by atoms with van der Waals surface area (Å²) in [6, 6.07) is 8.33. The first-order chi connectivity index (χ1) is 7.34. The van der Waals surface area contributed by atoms with Gasteiger partial charge in [0.15, 0.2) is 0 Å². The van der Waals surface area contributed by atoms with Crippen LogP contribution >= 0.6 is 0 Å². The minimum Gasteiger partial charge on any atom is -0.0842 e. The Balaban J connectivity index is 2.14. The van der Waals surface area contributed by atoms with Crippen LogP contribution in [-0.4, -0.2) is 0 Å². The van der Waals surface area contributed by atoms with Gasteiger partial charge in [0.2, 0.25) is 0 Å². The maximum Gasteiger partial charge on any atom is 0.0249 e. The first-order valence-corrected chi connectivity index (χ1v) is 5.29. The lowest BCUT2D eigenvalue weighted by Gasteiger charge is -1.99. The van der Waals surface area contributed by atoms with Crippen LogP contribution in [0.2, 0.25) is 0 Å². The highest BCUT2D eigenvalue weighted by Crippen LogP contribution is 2.10. The van der Waals surface area contributed by atoms with E-state index in [0.29, 0.717) is 0 Å². The van der Waals surface area contributed by atoms with Crippen LogP contribution in [0.1, 0.15) is 24.0 Å². The summed E-state index contributed by atoms with van der Waals surface area (Å²) in [5.74, 6) is 6.41. The minimum absolute atomic E-state index is 1.08. The van der Waals surface area contributed by atoms with Gasteiger partial charge in [-0.25, -0.2) is 0 Å². The second kappa shape index (κ2) is 4.66. The molecule has 0 saturated carbocycles. The lowest BCUT2D eigenvalue weighted by atomic mass is 10.1. The zero-order chi connectivity index (χ0) is 10.5. The highest BCUT2D eigenvalue weighted by molar-refractivity contribution is 5.43. The van der Waals surface area contributed by atoms with Crippen LogP contribution in [-0.2, 0) is 0 Å². The Labute approximate surface area is 91.3 Å². The SMILES string of the molecule is Cc1ccc(C#CC2=CC=CCC2)cc1. The Morgan fingerprint density at radius 1 is 1.07 bits per heavy atom. The summed E-state index contributed by atoms with van der Waals surface area (Å²) in [7, 11) is 0. The van der Waals surface area contributed by atoms with E-state index in [2.05, 4.69) is 61.3 Å². The van der Waals surface area contributed by atoms with Crippen molar-refractivity contribution in [2.75, 3.05) is 0 Å². The van der Waals surface area contributed by atoms with Crippen molar-refractivity contribution in [3.63, 3.8) is 0 Å². The summed E-state index contributed by atoms with van der Waals surface area (Å²) in [5.41, 5.74) is 3.61. The molecule has 1 aliphatic carbocycles. The number of benzene rings is 1. The Morgan fingerprint density at radius 3 is 2.53 bits per heavy atom. The summed E-state index contributed by atoms with van der Waals surface area (Å²) in [5, 5.41) is 0. The van der Waals surface area contributed by atoms with E-state index in [1.807, 2.05) is 0 Å². The molecule has 74 valence electrons. The van der Waals surface area contributed by atoms with E-state index < -0.39 is 0 Å². The van der Waals surface area contributed by atoms with E-state index in [0.717, 1.165) is 18.4 Å². The molecule has 0 aromatic heterocycles. The van der Waals surface area contributed by atoms with E-state index in [4.69, 9.17) is 0 Å². The van der Waals surface area contributed by atoms with Gasteiger partial charge in [0.25, 0.3) is 0 Å². The maximum absolute atomic E-state index is 3.22. The highest BCUT2D eigenvalue weighted by atomic mass is 14.0. The van der Waals surface area contributed by atoms with Gasteiger partial charge in [-0.05, 0) is 31.9 Å². The summed E-state index contributed by atoms with van der Waals surface area (Å²) in [6.07, 6.45) is 8.56. The molecule has 0 unspecified atom stereocenters. The fraction of sp³-hybridized carbons (Fsp3) is 0.200. The number of hydrogen-bond acceptors (Lipinski definition) is 0. The van der Waals surface area contributed by atoms with Crippen molar-refractivity contribution >= 4 is 0 Å². The van der Waals surface area contributed by atoms with Gasteiger partial charge in [0.05, 0.1) is 0 Å². The molecule has 2 rings (SSSR count). The van der Waals surface area contributed by atoms with Gasteiger partial charge in [0, 0.05) is 11.1 Å². The monoisotopic (exact) mass is 194 g/mol. The number of hydrogen-bond donors (Lipinski definition) is 0. The predicted molar refractivity (Wildman–Crippen MR) is 64.5 cm³/mol. The Bertz CT molecular complexity index is 447. The second-order valence-corrected chi connectivity index (χ2v) is 3.77. The van der Waals surface area contributed by atoms with Gasteiger partial charge in [0.1, 0.15) is 0 Å². The molecule has 0 saturated heterocycles. The standard InChI is InChI=1S/C15H14/c1-13-7-9-15(10-8-13)12-11-14-5-3-2-4-6-14/h2-3,5,7-10H,4,6H2,1H3. The van der Waals surface area contributed by atoms with Crippen molar-refractivity contribution in [2.45, 2.75) is 19.8 Å². The first-order valence-electron chi connectivity index (χ1n) is 5.29. The van der Waals surface area contributed by atoms with E-state index in [1.54, 1.807) is 0 Å². The second-order valence-electron chi connectivity index (χ2n) is 3.77. The van der Waals surface area contributed by atoms with Crippen LogP contribution < -0.4 is 0 Å². The molecule has 0 radical (unpaired) electrons. The summed E-state index contributed by atoms with van der Waals surface area (Å²) >= 11 is 0. The van der Waals surface area contributed by atoms with Crippen molar-refractivity contribution in [3.05, 3.63) is 59.2 Å². The average Bonchev–Trinajstić information content (AvgIpc) is 2.30. The molecule has 0 amide bonds. The quantitative estimate of drug-likeness (QED) is 0.553. The molecule has 0 aliphatic heterocycles. The normalized spacial score (nSPS) is 14.1. The largest absolute Gasteiger partial charge is 0.0842 e. The van der Waals surface area contributed by atoms with Crippen LogP contribution in [0.4, 0.5) is 0 Å². The topological polar surface area (TPSA) is 0 Å². The maximum atomic E-state index is 3.22. The van der Waals surface area contributed by atoms with Crippen LogP contribution in [0.15, 0.2) is 48.1 Å². The molecule has 1 aromatic carbocycles. The van der Waals surface area contributed by atoms with Crippen molar-refractivity contribution in [3.8, 4) is 11.8 Å². The van der Waals surface area contributed by atoms with Crippen LogP contribution in [0.5, 0.6) is 0 Å². The van der Waals surface area contributed by atoms with Crippen molar-refractivity contribution in [1.29, 1.82) is 0 Å². The Morgan fingerprint density at radius 2 is 1.87 bits per heavy atom. The molecule has 0 fully saturated rings. The smallest absolute Gasteiger partial charge is 0.0249 e. The van der Waals surface area contributed by atoms with Gasteiger partial charge in [-0.2, -0.15) is 0 Å². The molecule has 0 heteroatoms. The molecule has 0 bridgehead atoms. The summed E-state index contributed by atoms with van der Waals surface area (Å²) < 4.78 is 0. The lowest BCUT2D eigenvalue weighted by Crippen LogP contribution is -1.83. The van der Waals surface area contributed by atoms with Gasteiger partial charge in [-0.3, -0.25) is 0 Å². The summed E-state index contributed by atoms with van der Waals surface area (Å²) in [4.78, 5) is 0. The third kappa shape index (κ3) is 2.86. The third-order valence-electron chi connectivity index (χ3n) is 2.43. The fourth-order valence-corrected chi connectivity index (χ4v) is 1.50. The molecule has 15 heavy (non-hydrogen) atoms. The molecule has 0 nitrogen and oxygen atoms in total. The minimum atomic E-state index is 1.08. The third-order valence-corrected chi connectivity index (χ3v) is 2.43. The van der Waals surface area contributed by atoms with E-state index in [-0.39, 0.29) is 0 Å². The molecule has 0 heterocycles. The van der Waals surface area contributed by atoms with E-state index in [1.165, 1.54) is 11.1 Å². The highest BCUT2D eigenvalue weighted by Gasteiger charge is 1.94. The molecular formula is C15H14. The van der Waals surface area contributed by atoms with Crippen molar-refractivity contribution < 1.29 is 0 Å². The lowest BCUT2D eigenvalue weighted by molar-refractivity contribution is 1.000. The Hall–Kier alpha value is -1.74. The molecule has 0 N–H and O–H groups in total. The van der Waals surface area contributed by atoms with Crippen molar-refractivity contribution in [2.24, 2.45) is 0 Å². The first kappa shape index (κ1) is 9.80. The van der Waals surface area contributed by atoms with Gasteiger partial charge in [-0.15, -0.1) is 0 Å². The molecule has 1 aliphatic rings. The molecular weight excluding hydrogens is 180 g/mol. The number of aryl methyl sites for hydroxylation is 1. The summed E-state index contributed by atoms with van der Waals surface area (Å²) in [6.45, 7) is 2.09. The van der Waals surface area contributed by atoms with Gasteiger partial charge in [-0.1, -0.05) is 47.8 Å². The fourth-order valence-electron chi connectivity index (χ4n) is 1.50. The Kier molecular flexibility index (Phi) is 3.05. The predicted octanol–water partition coefficient (Wildman–Crippen LogP) is 3.62.